The van der Waals surface area contributed by atoms with Crippen LogP contribution in [0.15, 0.2) is 18.2 Å². The third-order valence-corrected chi connectivity index (χ3v) is 2.42. The van der Waals surface area contributed by atoms with Crippen LogP contribution in [0.1, 0.15) is 13.8 Å². The first kappa shape index (κ1) is 13.2. The summed E-state index contributed by atoms with van der Waals surface area (Å²) in [7, 11) is 3.20. The molecule has 0 atom stereocenters. The maximum Gasteiger partial charge on any atom is 0.162 e. The van der Waals surface area contributed by atoms with Crippen LogP contribution in [-0.2, 0) is 0 Å². The third kappa shape index (κ3) is 3.56. The van der Waals surface area contributed by atoms with Gasteiger partial charge >= 0.3 is 0 Å². The molecule has 0 saturated heterocycles. The van der Waals surface area contributed by atoms with Crippen LogP contribution < -0.4 is 14.8 Å². The van der Waals surface area contributed by atoms with Crippen molar-refractivity contribution in [3.63, 3.8) is 0 Å². The van der Waals surface area contributed by atoms with E-state index in [1.165, 1.54) is 0 Å². The van der Waals surface area contributed by atoms with E-state index in [0.717, 1.165) is 5.69 Å². The molecule has 0 aromatic heterocycles. The Morgan fingerprint density at radius 2 is 1.88 bits per heavy atom. The summed E-state index contributed by atoms with van der Waals surface area (Å²) in [5.41, 5.74) is 0.513. The van der Waals surface area contributed by atoms with E-state index in [2.05, 4.69) is 11.4 Å². The molecule has 0 heterocycles. The van der Waals surface area contributed by atoms with Gasteiger partial charge in [-0.3, -0.25) is 0 Å². The molecule has 0 aliphatic rings. The molecule has 0 aliphatic carbocycles. The summed E-state index contributed by atoms with van der Waals surface area (Å²) < 4.78 is 10.4. The van der Waals surface area contributed by atoms with Crippen molar-refractivity contribution in [2.24, 2.45) is 5.41 Å². The van der Waals surface area contributed by atoms with Crippen LogP contribution in [0.3, 0.4) is 0 Å². The minimum absolute atomic E-state index is 0.396. The lowest BCUT2D eigenvalue weighted by atomic mass is 9.96. The zero-order valence-corrected chi connectivity index (χ0v) is 10.7. The lowest BCUT2D eigenvalue weighted by Gasteiger charge is -2.17. The minimum Gasteiger partial charge on any atom is -0.493 e. The van der Waals surface area contributed by atoms with E-state index in [1.807, 2.05) is 32.0 Å². The molecule has 1 aromatic rings. The highest BCUT2D eigenvalue weighted by atomic mass is 16.5. The molecule has 0 radical (unpaired) electrons. The molecule has 0 aliphatic heterocycles. The van der Waals surface area contributed by atoms with Gasteiger partial charge in [0, 0.05) is 18.3 Å². The van der Waals surface area contributed by atoms with Crippen LogP contribution in [0.25, 0.3) is 0 Å². The van der Waals surface area contributed by atoms with E-state index in [0.29, 0.717) is 18.0 Å². The highest BCUT2D eigenvalue weighted by Crippen LogP contribution is 2.30. The van der Waals surface area contributed by atoms with E-state index in [-0.39, 0.29) is 0 Å². The second kappa shape index (κ2) is 5.44. The summed E-state index contributed by atoms with van der Waals surface area (Å²) in [6.45, 7) is 4.36. The first-order valence-electron chi connectivity index (χ1n) is 5.39. The van der Waals surface area contributed by atoms with Gasteiger partial charge in [-0.05, 0) is 26.0 Å². The monoisotopic (exact) mass is 234 g/mol. The van der Waals surface area contributed by atoms with E-state index in [4.69, 9.17) is 14.7 Å². The highest BCUT2D eigenvalue weighted by molar-refractivity contribution is 5.54. The normalized spacial score (nSPS) is 10.5. The van der Waals surface area contributed by atoms with E-state index >= 15 is 0 Å². The molecule has 0 spiro atoms. The second-order valence-corrected chi connectivity index (χ2v) is 4.42. The van der Waals surface area contributed by atoms with Crippen molar-refractivity contribution in [3.8, 4) is 17.6 Å². The molecule has 4 nitrogen and oxygen atoms in total. The fourth-order valence-electron chi connectivity index (χ4n) is 1.31. The molecule has 0 fully saturated rings. The van der Waals surface area contributed by atoms with Crippen molar-refractivity contribution in [1.82, 2.24) is 0 Å². The SMILES string of the molecule is COc1ccc(NCC(C)(C)C#N)cc1OC. The summed E-state index contributed by atoms with van der Waals surface area (Å²) in [6, 6.07) is 7.83. The average Bonchev–Trinajstić information content (AvgIpc) is 2.36. The zero-order valence-electron chi connectivity index (χ0n) is 10.7. The maximum atomic E-state index is 8.92. The van der Waals surface area contributed by atoms with Crippen molar-refractivity contribution >= 4 is 5.69 Å². The quantitative estimate of drug-likeness (QED) is 0.851. The number of ether oxygens (including phenoxy) is 2. The van der Waals surface area contributed by atoms with Gasteiger partial charge in [0.05, 0.1) is 25.7 Å². The Kier molecular flexibility index (Phi) is 4.22. The summed E-state index contributed by atoms with van der Waals surface area (Å²) in [5, 5.41) is 12.1. The van der Waals surface area contributed by atoms with Gasteiger partial charge in [-0.15, -0.1) is 0 Å². The molecule has 0 bridgehead atoms. The van der Waals surface area contributed by atoms with E-state index in [1.54, 1.807) is 14.2 Å². The summed E-state index contributed by atoms with van der Waals surface area (Å²) >= 11 is 0. The maximum absolute atomic E-state index is 8.92. The average molecular weight is 234 g/mol. The Morgan fingerprint density at radius 3 is 2.41 bits per heavy atom. The number of hydrogen-bond acceptors (Lipinski definition) is 4. The first-order valence-corrected chi connectivity index (χ1v) is 5.39. The molecular weight excluding hydrogens is 216 g/mol. The topological polar surface area (TPSA) is 54.3 Å². The molecule has 0 saturated carbocycles. The highest BCUT2D eigenvalue weighted by Gasteiger charge is 2.16. The van der Waals surface area contributed by atoms with Gasteiger partial charge in [0.2, 0.25) is 0 Å². The molecule has 1 rings (SSSR count). The summed E-state index contributed by atoms with van der Waals surface area (Å²) in [6.07, 6.45) is 0. The molecule has 17 heavy (non-hydrogen) atoms. The molecule has 92 valence electrons. The number of rotatable bonds is 5. The van der Waals surface area contributed by atoms with Gasteiger partial charge in [-0.25, -0.2) is 0 Å². The number of methoxy groups -OCH3 is 2. The number of anilines is 1. The molecule has 1 N–H and O–H groups in total. The molecule has 1 aromatic carbocycles. The van der Waals surface area contributed by atoms with E-state index < -0.39 is 5.41 Å². The van der Waals surface area contributed by atoms with Crippen LogP contribution in [-0.4, -0.2) is 20.8 Å². The van der Waals surface area contributed by atoms with Crippen LogP contribution in [0.2, 0.25) is 0 Å². The van der Waals surface area contributed by atoms with Crippen molar-refractivity contribution in [2.75, 3.05) is 26.1 Å². The second-order valence-electron chi connectivity index (χ2n) is 4.42. The van der Waals surface area contributed by atoms with Gasteiger partial charge in [0.25, 0.3) is 0 Å². The van der Waals surface area contributed by atoms with Crippen molar-refractivity contribution in [1.29, 1.82) is 5.26 Å². The summed E-state index contributed by atoms with van der Waals surface area (Å²) in [5.74, 6) is 1.37. The Morgan fingerprint density at radius 1 is 1.24 bits per heavy atom. The first-order chi connectivity index (χ1) is 8.02. The Bertz CT molecular complexity index is 422. The lowest BCUT2D eigenvalue weighted by Crippen LogP contribution is -2.20. The molecule has 4 heteroatoms. The largest absolute Gasteiger partial charge is 0.493 e. The van der Waals surface area contributed by atoms with Crippen LogP contribution in [0.4, 0.5) is 5.69 Å². The Balaban J connectivity index is 2.77. The van der Waals surface area contributed by atoms with Gasteiger partial charge in [-0.1, -0.05) is 0 Å². The Labute approximate surface area is 102 Å². The minimum atomic E-state index is -0.396. The van der Waals surface area contributed by atoms with Crippen LogP contribution >= 0.6 is 0 Å². The zero-order chi connectivity index (χ0) is 12.9. The van der Waals surface area contributed by atoms with Crippen molar-refractivity contribution in [3.05, 3.63) is 18.2 Å². The smallest absolute Gasteiger partial charge is 0.162 e. The molecule has 0 amide bonds. The molecule has 0 unspecified atom stereocenters. The lowest BCUT2D eigenvalue weighted by molar-refractivity contribution is 0.355. The van der Waals surface area contributed by atoms with Crippen molar-refractivity contribution < 1.29 is 9.47 Å². The molecular formula is C13H18N2O2. The van der Waals surface area contributed by atoms with Crippen molar-refractivity contribution in [2.45, 2.75) is 13.8 Å². The van der Waals surface area contributed by atoms with E-state index in [9.17, 15) is 0 Å². The van der Waals surface area contributed by atoms with Gasteiger partial charge in [-0.2, -0.15) is 5.26 Å². The third-order valence-electron chi connectivity index (χ3n) is 2.42. The van der Waals surface area contributed by atoms with Crippen LogP contribution in [0.5, 0.6) is 11.5 Å². The van der Waals surface area contributed by atoms with Gasteiger partial charge in [0.15, 0.2) is 11.5 Å². The number of nitriles is 1. The number of benzene rings is 1. The number of nitrogens with one attached hydrogen (secondary N) is 1. The van der Waals surface area contributed by atoms with Gasteiger partial charge in [0.1, 0.15) is 0 Å². The number of hydrogen-bond donors (Lipinski definition) is 1. The summed E-state index contributed by atoms with van der Waals surface area (Å²) in [4.78, 5) is 0. The Hall–Kier alpha value is -1.89. The van der Waals surface area contributed by atoms with Crippen LogP contribution in [0, 0.1) is 16.7 Å². The fraction of sp³-hybridized carbons (Fsp3) is 0.462. The standard InChI is InChI=1S/C13H18N2O2/c1-13(2,8-14)9-15-10-5-6-11(16-3)12(7-10)17-4/h5-7,15H,9H2,1-4H3. The predicted molar refractivity (Wildman–Crippen MR) is 67.4 cm³/mol. The number of nitrogens with zero attached hydrogens (tertiary/aromatic N) is 1. The van der Waals surface area contributed by atoms with Gasteiger partial charge < -0.3 is 14.8 Å². The predicted octanol–water partition coefficient (Wildman–Crippen LogP) is 2.67. The fourth-order valence-corrected chi connectivity index (χ4v) is 1.31.